The molecule has 1 aromatic heterocycles. The molecule has 0 fully saturated rings. The molecule has 0 aliphatic carbocycles. The molecule has 0 spiro atoms. The van der Waals surface area contributed by atoms with Crippen LogP contribution in [0.4, 0.5) is 20.3 Å². The van der Waals surface area contributed by atoms with Gasteiger partial charge in [-0.15, -0.1) is 0 Å². The summed E-state index contributed by atoms with van der Waals surface area (Å²) in [5.41, 5.74) is 6.30. The number of nitrogens with two attached hydrogens (primary N) is 1. The summed E-state index contributed by atoms with van der Waals surface area (Å²) in [4.78, 5) is 8.39. The standard InChI is InChI=1S/C14H15ClF2N4S/c1-2-3-11-19-13(15)12(18)14(20-11)21(22)7-8-4-5-9(16)6-10(8)17/h4-6,22H,2-3,7,18H2,1H3. The Morgan fingerprint density at radius 1 is 1.32 bits per heavy atom. The van der Waals surface area contributed by atoms with Gasteiger partial charge in [0.15, 0.2) is 11.0 Å². The maximum Gasteiger partial charge on any atom is 0.167 e. The van der Waals surface area contributed by atoms with Crippen molar-refractivity contribution in [1.82, 2.24) is 9.97 Å². The van der Waals surface area contributed by atoms with Gasteiger partial charge in [0.25, 0.3) is 0 Å². The highest BCUT2D eigenvalue weighted by Crippen LogP contribution is 2.30. The molecule has 2 aromatic rings. The molecule has 2 rings (SSSR count). The number of aromatic nitrogens is 2. The van der Waals surface area contributed by atoms with Crippen molar-refractivity contribution in [2.24, 2.45) is 0 Å². The molecule has 1 heterocycles. The quantitative estimate of drug-likeness (QED) is 0.640. The summed E-state index contributed by atoms with van der Waals surface area (Å²) in [7, 11) is 0. The maximum atomic E-state index is 13.7. The highest BCUT2D eigenvalue weighted by Gasteiger charge is 2.16. The lowest BCUT2D eigenvalue weighted by Gasteiger charge is -2.19. The molecular formula is C14H15ClF2N4S. The van der Waals surface area contributed by atoms with Gasteiger partial charge in [0.2, 0.25) is 0 Å². The lowest BCUT2D eigenvalue weighted by molar-refractivity contribution is 0.573. The number of nitrogens with zero attached hydrogens (tertiary/aromatic N) is 3. The van der Waals surface area contributed by atoms with Crippen molar-refractivity contribution in [1.29, 1.82) is 0 Å². The van der Waals surface area contributed by atoms with Crippen LogP contribution in [-0.4, -0.2) is 9.97 Å². The van der Waals surface area contributed by atoms with Gasteiger partial charge >= 0.3 is 0 Å². The summed E-state index contributed by atoms with van der Waals surface area (Å²) in [6.07, 6.45) is 1.48. The Labute approximate surface area is 137 Å². The van der Waals surface area contributed by atoms with Crippen molar-refractivity contribution in [2.75, 3.05) is 10.0 Å². The van der Waals surface area contributed by atoms with E-state index in [4.69, 9.17) is 17.3 Å². The van der Waals surface area contributed by atoms with E-state index >= 15 is 0 Å². The molecule has 0 bridgehead atoms. The summed E-state index contributed by atoms with van der Waals surface area (Å²) in [5.74, 6) is -0.459. The number of benzene rings is 1. The van der Waals surface area contributed by atoms with Crippen LogP contribution in [0.15, 0.2) is 18.2 Å². The molecule has 0 unspecified atom stereocenters. The Morgan fingerprint density at radius 3 is 2.68 bits per heavy atom. The van der Waals surface area contributed by atoms with Gasteiger partial charge in [-0.3, -0.25) is 4.31 Å². The van der Waals surface area contributed by atoms with Crippen molar-refractivity contribution in [3.63, 3.8) is 0 Å². The Hall–Kier alpha value is -1.60. The average Bonchev–Trinajstić information content (AvgIpc) is 2.45. The highest BCUT2D eigenvalue weighted by atomic mass is 35.5. The van der Waals surface area contributed by atoms with Crippen molar-refractivity contribution < 1.29 is 8.78 Å². The number of rotatable bonds is 5. The second kappa shape index (κ2) is 7.11. The van der Waals surface area contributed by atoms with Crippen LogP contribution in [0.3, 0.4) is 0 Å². The third-order valence-corrected chi connectivity index (χ3v) is 3.60. The van der Waals surface area contributed by atoms with E-state index < -0.39 is 11.6 Å². The first-order chi connectivity index (χ1) is 10.4. The van der Waals surface area contributed by atoms with E-state index in [1.54, 1.807) is 0 Å². The maximum absolute atomic E-state index is 13.7. The lowest BCUT2D eigenvalue weighted by Crippen LogP contribution is -2.16. The number of anilines is 2. The predicted octanol–water partition coefficient (Wildman–Crippen LogP) is 3.79. The van der Waals surface area contributed by atoms with Crippen LogP contribution in [0.2, 0.25) is 5.15 Å². The van der Waals surface area contributed by atoms with Gasteiger partial charge < -0.3 is 5.73 Å². The first-order valence-electron chi connectivity index (χ1n) is 6.64. The van der Waals surface area contributed by atoms with E-state index in [2.05, 4.69) is 22.8 Å². The Kier molecular flexibility index (Phi) is 5.42. The van der Waals surface area contributed by atoms with Gasteiger partial charge in [0.05, 0.1) is 6.54 Å². The van der Waals surface area contributed by atoms with Crippen LogP contribution in [0.25, 0.3) is 0 Å². The SMILES string of the molecule is CCCc1nc(Cl)c(N)c(N(S)Cc2ccc(F)cc2F)n1. The Balaban J connectivity index is 2.30. The smallest absolute Gasteiger partial charge is 0.167 e. The van der Waals surface area contributed by atoms with Gasteiger partial charge in [-0.1, -0.05) is 37.4 Å². The third-order valence-electron chi connectivity index (χ3n) is 2.98. The molecule has 0 saturated heterocycles. The van der Waals surface area contributed by atoms with Crippen molar-refractivity contribution in [3.8, 4) is 0 Å². The van der Waals surface area contributed by atoms with E-state index in [1.807, 2.05) is 6.92 Å². The van der Waals surface area contributed by atoms with Crippen LogP contribution in [0, 0.1) is 11.6 Å². The van der Waals surface area contributed by atoms with Crippen molar-refractivity contribution in [3.05, 3.63) is 46.4 Å². The Bertz CT molecular complexity index is 684. The van der Waals surface area contributed by atoms with Crippen molar-refractivity contribution >= 4 is 35.9 Å². The minimum Gasteiger partial charge on any atom is -0.393 e. The van der Waals surface area contributed by atoms with E-state index in [0.717, 1.165) is 12.5 Å². The molecule has 0 amide bonds. The minimum atomic E-state index is -0.661. The number of hydrogen-bond donors (Lipinski definition) is 2. The predicted molar refractivity (Wildman–Crippen MR) is 87.0 cm³/mol. The molecular weight excluding hydrogens is 330 g/mol. The molecule has 0 aliphatic rings. The topological polar surface area (TPSA) is 55.0 Å². The van der Waals surface area contributed by atoms with E-state index in [9.17, 15) is 8.78 Å². The van der Waals surface area contributed by atoms with Crippen LogP contribution < -0.4 is 10.0 Å². The van der Waals surface area contributed by atoms with Gasteiger partial charge in [-0.25, -0.2) is 18.7 Å². The van der Waals surface area contributed by atoms with Crippen LogP contribution in [0.5, 0.6) is 0 Å². The molecule has 118 valence electrons. The molecule has 1 aromatic carbocycles. The summed E-state index contributed by atoms with van der Waals surface area (Å²) < 4.78 is 28.0. The Morgan fingerprint density at radius 2 is 2.05 bits per heavy atom. The van der Waals surface area contributed by atoms with Gasteiger partial charge in [0, 0.05) is 18.1 Å². The fourth-order valence-corrected chi connectivity index (χ4v) is 2.38. The molecule has 0 atom stereocenters. The summed E-state index contributed by atoms with van der Waals surface area (Å²) in [5, 5.41) is 0.132. The monoisotopic (exact) mass is 344 g/mol. The average molecular weight is 345 g/mol. The van der Waals surface area contributed by atoms with Gasteiger partial charge in [0.1, 0.15) is 23.1 Å². The molecule has 0 radical (unpaired) electrons. The van der Waals surface area contributed by atoms with E-state index in [0.29, 0.717) is 18.1 Å². The first kappa shape index (κ1) is 16.8. The molecule has 0 aliphatic heterocycles. The third kappa shape index (κ3) is 3.78. The number of halogens is 3. The summed E-state index contributed by atoms with van der Waals surface area (Å²) >= 11 is 10.3. The zero-order valence-corrected chi connectivity index (χ0v) is 13.5. The minimum absolute atomic E-state index is 0.0539. The second-order valence-electron chi connectivity index (χ2n) is 4.71. The van der Waals surface area contributed by atoms with Crippen LogP contribution in [0.1, 0.15) is 24.7 Å². The number of thiol groups is 1. The first-order valence-corrected chi connectivity index (χ1v) is 7.42. The molecule has 4 nitrogen and oxygen atoms in total. The van der Waals surface area contributed by atoms with Crippen LogP contribution in [-0.2, 0) is 13.0 Å². The van der Waals surface area contributed by atoms with E-state index in [-0.39, 0.29) is 22.9 Å². The zero-order chi connectivity index (χ0) is 16.3. The van der Waals surface area contributed by atoms with Crippen molar-refractivity contribution in [2.45, 2.75) is 26.3 Å². The molecule has 0 saturated carbocycles. The normalized spacial score (nSPS) is 10.8. The van der Waals surface area contributed by atoms with Gasteiger partial charge in [-0.2, -0.15) is 0 Å². The largest absolute Gasteiger partial charge is 0.393 e. The molecule has 2 N–H and O–H groups in total. The molecule has 8 heteroatoms. The zero-order valence-electron chi connectivity index (χ0n) is 11.9. The lowest BCUT2D eigenvalue weighted by atomic mass is 10.2. The summed E-state index contributed by atoms with van der Waals surface area (Å²) in [6, 6.07) is 3.34. The van der Waals surface area contributed by atoms with E-state index in [1.165, 1.54) is 16.4 Å². The van der Waals surface area contributed by atoms with Crippen LogP contribution >= 0.6 is 24.4 Å². The number of aryl methyl sites for hydroxylation is 1. The van der Waals surface area contributed by atoms with Gasteiger partial charge in [-0.05, 0) is 12.5 Å². The fraction of sp³-hybridized carbons (Fsp3) is 0.286. The second-order valence-corrected chi connectivity index (χ2v) is 5.55. The number of hydrogen-bond acceptors (Lipinski definition) is 5. The molecule has 22 heavy (non-hydrogen) atoms. The summed E-state index contributed by atoms with van der Waals surface area (Å²) in [6.45, 7) is 2.04. The highest BCUT2D eigenvalue weighted by molar-refractivity contribution is 7.81. The fourth-order valence-electron chi connectivity index (χ4n) is 1.89. The number of nitrogen functional groups attached to an aromatic ring is 1.